The lowest BCUT2D eigenvalue weighted by atomic mass is 10.0. The Morgan fingerprint density at radius 2 is 2.00 bits per heavy atom. The van der Waals surface area contributed by atoms with Crippen LogP contribution in [0.1, 0.15) is 30.7 Å². The van der Waals surface area contributed by atoms with E-state index in [-0.39, 0.29) is 0 Å². The fraction of sp³-hybridized carbons (Fsp3) is 0.211. The van der Waals surface area contributed by atoms with Crippen LogP contribution in [0.4, 0.5) is 0 Å². The Kier molecular flexibility index (Phi) is 3.50. The number of fused-ring (bicyclic) bond motifs is 3. The second-order valence-corrected chi connectivity index (χ2v) is 6.01. The van der Waals surface area contributed by atoms with Crippen molar-refractivity contribution in [3.05, 3.63) is 54.2 Å². The number of aromatic amines is 1. The van der Waals surface area contributed by atoms with Crippen molar-refractivity contribution in [1.82, 2.24) is 19.9 Å². The van der Waals surface area contributed by atoms with Crippen molar-refractivity contribution in [2.24, 2.45) is 0 Å². The van der Waals surface area contributed by atoms with Gasteiger partial charge in [0.2, 0.25) is 0 Å². The Morgan fingerprint density at radius 3 is 2.79 bits per heavy atom. The standard InChI is InChI=1S/C19H18N4O/c1-3-17(24)16-6-11(2)15(10-21-16)12-7-13-9-23-19-14(4-5-20-19)18(13)22-8-12/h4-10,17,24H,3H2,1-2H3,(H,20,23)/t17-/m1/s1. The van der Waals surface area contributed by atoms with Crippen LogP contribution in [0, 0.1) is 6.92 Å². The topological polar surface area (TPSA) is 74.7 Å². The second kappa shape index (κ2) is 5.69. The first-order valence-electron chi connectivity index (χ1n) is 8.04. The molecule has 0 unspecified atom stereocenters. The summed E-state index contributed by atoms with van der Waals surface area (Å²) in [5, 5.41) is 12.0. The van der Waals surface area contributed by atoms with E-state index in [1.807, 2.05) is 50.8 Å². The molecular weight excluding hydrogens is 300 g/mol. The Bertz CT molecular complexity index is 1040. The summed E-state index contributed by atoms with van der Waals surface area (Å²) < 4.78 is 0. The van der Waals surface area contributed by atoms with Crippen molar-refractivity contribution < 1.29 is 5.11 Å². The van der Waals surface area contributed by atoms with E-state index in [0.29, 0.717) is 12.1 Å². The van der Waals surface area contributed by atoms with Crippen LogP contribution in [-0.2, 0) is 0 Å². The van der Waals surface area contributed by atoms with Gasteiger partial charge in [-0.3, -0.25) is 9.97 Å². The van der Waals surface area contributed by atoms with E-state index in [9.17, 15) is 5.11 Å². The van der Waals surface area contributed by atoms with E-state index in [1.54, 1.807) is 0 Å². The van der Waals surface area contributed by atoms with Crippen LogP contribution in [0.15, 0.2) is 43.0 Å². The third-order valence-corrected chi connectivity index (χ3v) is 4.40. The van der Waals surface area contributed by atoms with Gasteiger partial charge < -0.3 is 10.1 Å². The summed E-state index contributed by atoms with van der Waals surface area (Å²) >= 11 is 0. The Hall–Kier alpha value is -2.79. The SMILES string of the molecule is CC[C@@H](O)c1cc(C)c(-c2cnc3c(cnc4[nH]ccc43)c2)cn1. The van der Waals surface area contributed by atoms with Gasteiger partial charge in [-0.1, -0.05) is 6.92 Å². The van der Waals surface area contributed by atoms with Crippen molar-refractivity contribution in [2.45, 2.75) is 26.4 Å². The van der Waals surface area contributed by atoms with Gasteiger partial charge in [-0.2, -0.15) is 0 Å². The highest BCUT2D eigenvalue weighted by Gasteiger charge is 2.11. The Morgan fingerprint density at radius 1 is 1.12 bits per heavy atom. The smallest absolute Gasteiger partial charge is 0.139 e. The molecule has 0 radical (unpaired) electrons. The summed E-state index contributed by atoms with van der Waals surface area (Å²) in [5.74, 6) is 0. The number of hydrogen-bond acceptors (Lipinski definition) is 4. The van der Waals surface area contributed by atoms with Crippen LogP contribution >= 0.6 is 0 Å². The van der Waals surface area contributed by atoms with E-state index >= 15 is 0 Å². The average molecular weight is 318 g/mol. The van der Waals surface area contributed by atoms with Crippen molar-refractivity contribution in [3.8, 4) is 11.1 Å². The molecule has 0 aliphatic carbocycles. The molecule has 120 valence electrons. The lowest BCUT2D eigenvalue weighted by molar-refractivity contribution is 0.169. The molecule has 2 N–H and O–H groups in total. The van der Waals surface area contributed by atoms with Crippen LogP contribution in [0.3, 0.4) is 0 Å². The van der Waals surface area contributed by atoms with Gasteiger partial charge in [0.15, 0.2) is 0 Å². The molecule has 4 rings (SSSR count). The third kappa shape index (κ3) is 2.34. The van der Waals surface area contributed by atoms with Gasteiger partial charge >= 0.3 is 0 Å². The number of pyridine rings is 3. The largest absolute Gasteiger partial charge is 0.387 e. The molecule has 0 saturated heterocycles. The lowest BCUT2D eigenvalue weighted by Crippen LogP contribution is -2.00. The second-order valence-electron chi connectivity index (χ2n) is 6.01. The third-order valence-electron chi connectivity index (χ3n) is 4.40. The maximum Gasteiger partial charge on any atom is 0.139 e. The predicted molar refractivity (Wildman–Crippen MR) is 94.6 cm³/mol. The highest BCUT2D eigenvalue weighted by Crippen LogP contribution is 2.29. The summed E-state index contributed by atoms with van der Waals surface area (Å²) in [6.45, 7) is 3.97. The molecule has 24 heavy (non-hydrogen) atoms. The number of aliphatic hydroxyl groups excluding tert-OH is 1. The number of H-pyrrole nitrogens is 1. The normalized spacial score (nSPS) is 12.8. The van der Waals surface area contributed by atoms with Gasteiger partial charge in [-0.25, -0.2) is 4.98 Å². The minimum atomic E-state index is -0.515. The first kappa shape index (κ1) is 14.8. The van der Waals surface area contributed by atoms with Crippen molar-refractivity contribution in [2.75, 3.05) is 0 Å². The van der Waals surface area contributed by atoms with Crippen LogP contribution in [0.2, 0.25) is 0 Å². The quantitative estimate of drug-likeness (QED) is 0.600. The molecule has 5 nitrogen and oxygen atoms in total. The summed E-state index contributed by atoms with van der Waals surface area (Å²) in [4.78, 5) is 16.6. The number of nitrogens with one attached hydrogen (secondary N) is 1. The predicted octanol–water partition coefficient (Wildman–Crippen LogP) is 3.92. The van der Waals surface area contributed by atoms with E-state index < -0.39 is 6.10 Å². The molecule has 4 aromatic heterocycles. The monoisotopic (exact) mass is 318 g/mol. The average Bonchev–Trinajstić information content (AvgIpc) is 3.09. The van der Waals surface area contributed by atoms with Gasteiger partial charge in [0.25, 0.3) is 0 Å². The van der Waals surface area contributed by atoms with E-state index in [0.717, 1.165) is 38.6 Å². The van der Waals surface area contributed by atoms with Gasteiger partial charge in [0, 0.05) is 46.7 Å². The number of hydrogen-bond donors (Lipinski definition) is 2. The first-order chi connectivity index (χ1) is 11.7. The van der Waals surface area contributed by atoms with Crippen LogP contribution in [-0.4, -0.2) is 25.0 Å². The molecule has 1 atom stereocenters. The van der Waals surface area contributed by atoms with Crippen LogP contribution in [0.25, 0.3) is 33.1 Å². The molecule has 0 amide bonds. The highest BCUT2D eigenvalue weighted by atomic mass is 16.3. The molecule has 0 fully saturated rings. The number of nitrogens with zero attached hydrogens (tertiary/aromatic N) is 3. The zero-order valence-corrected chi connectivity index (χ0v) is 13.6. The molecule has 4 aromatic rings. The van der Waals surface area contributed by atoms with Gasteiger partial charge in [-0.15, -0.1) is 0 Å². The maximum atomic E-state index is 9.95. The van der Waals surface area contributed by atoms with E-state index in [1.165, 1.54) is 0 Å². The van der Waals surface area contributed by atoms with E-state index in [2.05, 4.69) is 26.0 Å². The molecule has 0 aromatic carbocycles. The Balaban J connectivity index is 1.83. The molecule has 0 aliphatic rings. The van der Waals surface area contributed by atoms with Crippen LogP contribution in [0.5, 0.6) is 0 Å². The molecule has 0 aliphatic heterocycles. The summed E-state index contributed by atoms with van der Waals surface area (Å²) in [5.41, 5.74) is 5.59. The number of aliphatic hydroxyl groups is 1. The number of aromatic nitrogens is 4. The number of rotatable bonds is 3. The molecule has 0 spiro atoms. The first-order valence-corrected chi connectivity index (χ1v) is 8.04. The molecule has 4 heterocycles. The highest BCUT2D eigenvalue weighted by molar-refractivity contribution is 6.02. The molecule has 0 bridgehead atoms. The fourth-order valence-electron chi connectivity index (χ4n) is 3.02. The molecular formula is C19H18N4O. The van der Waals surface area contributed by atoms with Gasteiger partial charge in [0.05, 0.1) is 17.3 Å². The van der Waals surface area contributed by atoms with E-state index in [4.69, 9.17) is 0 Å². The van der Waals surface area contributed by atoms with Crippen molar-refractivity contribution >= 4 is 21.9 Å². The zero-order chi connectivity index (χ0) is 16.7. The van der Waals surface area contributed by atoms with Gasteiger partial charge in [-0.05, 0) is 37.1 Å². The van der Waals surface area contributed by atoms with Crippen molar-refractivity contribution in [1.29, 1.82) is 0 Å². The zero-order valence-electron chi connectivity index (χ0n) is 13.6. The summed E-state index contributed by atoms with van der Waals surface area (Å²) in [6.07, 6.45) is 7.53. The fourth-order valence-corrected chi connectivity index (χ4v) is 3.02. The van der Waals surface area contributed by atoms with Crippen molar-refractivity contribution in [3.63, 3.8) is 0 Å². The number of aryl methyl sites for hydroxylation is 1. The van der Waals surface area contributed by atoms with Gasteiger partial charge in [0.1, 0.15) is 5.65 Å². The molecule has 0 saturated carbocycles. The lowest BCUT2D eigenvalue weighted by Gasteiger charge is -2.11. The summed E-state index contributed by atoms with van der Waals surface area (Å²) in [6, 6.07) is 6.02. The molecule has 5 heteroatoms. The summed E-state index contributed by atoms with van der Waals surface area (Å²) in [7, 11) is 0. The minimum absolute atomic E-state index is 0.515. The minimum Gasteiger partial charge on any atom is -0.387 e. The van der Waals surface area contributed by atoms with Crippen LogP contribution < -0.4 is 0 Å². The Labute approximate surface area is 139 Å². The maximum absolute atomic E-state index is 9.95.